The van der Waals surface area contributed by atoms with Gasteiger partial charge in [-0.1, -0.05) is 6.92 Å². The molecule has 2 aliphatic rings. The molecule has 0 bridgehead atoms. The molecule has 3 rings (SSSR count). The number of benzene rings is 1. The molecule has 20 heavy (non-hydrogen) atoms. The van der Waals surface area contributed by atoms with Gasteiger partial charge >= 0.3 is 0 Å². The molecule has 0 aliphatic carbocycles. The number of piperazine rings is 1. The fourth-order valence-corrected chi connectivity index (χ4v) is 2.90. The summed E-state index contributed by atoms with van der Waals surface area (Å²) in [6, 6.07) is 3.92. The molecule has 0 atom stereocenters. The molecular weight excluding hydrogens is 254 g/mol. The summed E-state index contributed by atoms with van der Waals surface area (Å²) >= 11 is 0. The Labute approximate surface area is 120 Å². The highest BCUT2D eigenvalue weighted by atomic mass is 16.6. The third kappa shape index (κ3) is 2.63. The molecule has 0 aromatic heterocycles. The number of ether oxygens (including phenoxy) is 2. The first-order chi connectivity index (χ1) is 9.78. The maximum Gasteiger partial charge on any atom is 0.163 e. The van der Waals surface area contributed by atoms with Crippen LogP contribution >= 0.6 is 0 Å². The Morgan fingerprint density at radius 2 is 1.70 bits per heavy atom. The summed E-state index contributed by atoms with van der Waals surface area (Å²) in [6.45, 7) is 8.86. The lowest BCUT2D eigenvalue weighted by atomic mass is 10.2. The second kappa shape index (κ2) is 5.79. The van der Waals surface area contributed by atoms with Crippen molar-refractivity contribution in [3.8, 4) is 11.5 Å². The van der Waals surface area contributed by atoms with Crippen molar-refractivity contribution in [3.05, 3.63) is 12.1 Å². The summed E-state index contributed by atoms with van der Waals surface area (Å²) in [5, 5.41) is 0. The minimum atomic E-state index is 0.599. The van der Waals surface area contributed by atoms with Crippen LogP contribution in [0.2, 0.25) is 0 Å². The van der Waals surface area contributed by atoms with E-state index in [1.807, 2.05) is 12.1 Å². The SMILES string of the molecule is CCCN1CCN(c2cc3c(cc2N)OCCO3)CC1. The number of rotatable bonds is 3. The molecule has 2 aliphatic heterocycles. The third-order valence-corrected chi connectivity index (χ3v) is 3.94. The van der Waals surface area contributed by atoms with Crippen molar-refractivity contribution in [1.82, 2.24) is 4.90 Å². The van der Waals surface area contributed by atoms with Gasteiger partial charge in [0.2, 0.25) is 0 Å². The van der Waals surface area contributed by atoms with Crippen molar-refractivity contribution in [2.75, 3.05) is 56.6 Å². The zero-order chi connectivity index (χ0) is 13.9. The average Bonchev–Trinajstić information content (AvgIpc) is 2.48. The van der Waals surface area contributed by atoms with Gasteiger partial charge in [-0.2, -0.15) is 0 Å². The van der Waals surface area contributed by atoms with Gasteiger partial charge in [0.25, 0.3) is 0 Å². The highest BCUT2D eigenvalue weighted by Gasteiger charge is 2.21. The number of anilines is 2. The predicted octanol–water partition coefficient (Wildman–Crippen LogP) is 1.57. The monoisotopic (exact) mass is 277 g/mol. The Bertz CT molecular complexity index is 470. The van der Waals surface area contributed by atoms with Crippen molar-refractivity contribution in [2.45, 2.75) is 13.3 Å². The minimum Gasteiger partial charge on any atom is -0.486 e. The number of fused-ring (bicyclic) bond motifs is 1. The van der Waals surface area contributed by atoms with E-state index in [1.165, 1.54) is 13.0 Å². The number of nitrogen functional groups attached to an aromatic ring is 1. The van der Waals surface area contributed by atoms with E-state index in [0.29, 0.717) is 13.2 Å². The smallest absolute Gasteiger partial charge is 0.163 e. The zero-order valence-corrected chi connectivity index (χ0v) is 12.1. The normalized spacial score (nSPS) is 19.1. The zero-order valence-electron chi connectivity index (χ0n) is 12.1. The Kier molecular flexibility index (Phi) is 3.87. The van der Waals surface area contributed by atoms with Gasteiger partial charge in [-0.05, 0) is 13.0 Å². The topological polar surface area (TPSA) is 51.0 Å². The van der Waals surface area contributed by atoms with E-state index in [2.05, 4.69) is 16.7 Å². The lowest BCUT2D eigenvalue weighted by Crippen LogP contribution is -2.46. The average molecular weight is 277 g/mol. The van der Waals surface area contributed by atoms with E-state index in [1.54, 1.807) is 0 Å². The Balaban J connectivity index is 1.74. The van der Waals surface area contributed by atoms with Crippen molar-refractivity contribution in [2.24, 2.45) is 0 Å². The summed E-state index contributed by atoms with van der Waals surface area (Å²) in [5.41, 5.74) is 8.03. The molecule has 1 aromatic rings. The van der Waals surface area contributed by atoms with Gasteiger partial charge in [-0.15, -0.1) is 0 Å². The highest BCUT2D eigenvalue weighted by Crippen LogP contribution is 2.38. The van der Waals surface area contributed by atoms with E-state index in [4.69, 9.17) is 15.2 Å². The molecule has 1 saturated heterocycles. The molecule has 0 amide bonds. The number of nitrogens with zero attached hydrogens (tertiary/aromatic N) is 2. The van der Waals surface area contributed by atoms with Gasteiger partial charge in [0, 0.05) is 38.3 Å². The van der Waals surface area contributed by atoms with Gasteiger partial charge in [-0.25, -0.2) is 0 Å². The van der Waals surface area contributed by atoms with Crippen LogP contribution in [0.5, 0.6) is 11.5 Å². The van der Waals surface area contributed by atoms with Gasteiger partial charge in [0.05, 0.1) is 11.4 Å². The van der Waals surface area contributed by atoms with Crippen LogP contribution in [-0.4, -0.2) is 50.8 Å². The van der Waals surface area contributed by atoms with Crippen LogP contribution in [0.4, 0.5) is 11.4 Å². The predicted molar refractivity (Wildman–Crippen MR) is 80.8 cm³/mol. The maximum atomic E-state index is 6.18. The summed E-state index contributed by atoms with van der Waals surface area (Å²) in [6.07, 6.45) is 1.21. The van der Waals surface area contributed by atoms with Crippen LogP contribution in [0.1, 0.15) is 13.3 Å². The lowest BCUT2D eigenvalue weighted by Gasteiger charge is -2.37. The van der Waals surface area contributed by atoms with Gasteiger partial charge in [0.15, 0.2) is 11.5 Å². The first-order valence-corrected chi connectivity index (χ1v) is 7.44. The van der Waals surface area contributed by atoms with Crippen molar-refractivity contribution < 1.29 is 9.47 Å². The van der Waals surface area contributed by atoms with E-state index in [-0.39, 0.29) is 0 Å². The largest absolute Gasteiger partial charge is 0.486 e. The fraction of sp³-hybridized carbons (Fsp3) is 0.600. The maximum absolute atomic E-state index is 6.18. The van der Waals surface area contributed by atoms with Crippen LogP contribution in [0.15, 0.2) is 12.1 Å². The molecule has 1 fully saturated rings. The van der Waals surface area contributed by atoms with Gasteiger partial charge in [0.1, 0.15) is 13.2 Å². The van der Waals surface area contributed by atoms with Crippen molar-refractivity contribution >= 4 is 11.4 Å². The molecule has 2 heterocycles. The second-order valence-corrected chi connectivity index (χ2v) is 5.38. The second-order valence-electron chi connectivity index (χ2n) is 5.38. The summed E-state index contributed by atoms with van der Waals surface area (Å²) in [5.74, 6) is 1.58. The van der Waals surface area contributed by atoms with E-state index < -0.39 is 0 Å². The highest BCUT2D eigenvalue weighted by molar-refractivity contribution is 5.73. The Morgan fingerprint density at radius 1 is 1.05 bits per heavy atom. The first-order valence-electron chi connectivity index (χ1n) is 7.44. The Morgan fingerprint density at radius 3 is 2.35 bits per heavy atom. The fourth-order valence-electron chi connectivity index (χ4n) is 2.90. The van der Waals surface area contributed by atoms with Gasteiger partial charge < -0.3 is 20.1 Å². The number of nitrogens with two attached hydrogens (primary N) is 1. The van der Waals surface area contributed by atoms with Crippen molar-refractivity contribution in [3.63, 3.8) is 0 Å². The number of hydrogen-bond donors (Lipinski definition) is 1. The standard InChI is InChI=1S/C15H23N3O2/c1-2-3-17-4-6-18(7-5-17)13-11-15-14(10-12(13)16)19-8-9-20-15/h10-11H,2-9,16H2,1H3. The molecule has 5 nitrogen and oxygen atoms in total. The molecule has 2 N–H and O–H groups in total. The summed E-state index contributed by atoms with van der Waals surface area (Å²) in [4.78, 5) is 4.85. The van der Waals surface area contributed by atoms with Gasteiger partial charge in [-0.3, -0.25) is 4.90 Å². The molecule has 5 heteroatoms. The van der Waals surface area contributed by atoms with E-state index in [9.17, 15) is 0 Å². The minimum absolute atomic E-state index is 0.599. The molecule has 0 radical (unpaired) electrons. The Hall–Kier alpha value is -1.62. The number of hydrogen-bond acceptors (Lipinski definition) is 5. The lowest BCUT2D eigenvalue weighted by molar-refractivity contribution is 0.171. The quantitative estimate of drug-likeness (QED) is 0.850. The molecular formula is C15H23N3O2. The van der Waals surface area contributed by atoms with Crippen LogP contribution in [-0.2, 0) is 0 Å². The summed E-state index contributed by atoms with van der Waals surface area (Å²) in [7, 11) is 0. The van der Waals surface area contributed by atoms with E-state index in [0.717, 1.165) is 49.1 Å². The molecule has 0 spiro atoms. The van der Waals surface area contributed by atoms with Crippen LogP contribution in [0, 0.1) is 0 Å². The van der Waals surface area contributed by atoms with Crippen LogP contribution in [0.3, 0.4) is 0 Å². The first kappa shape index (κ1) is 13.4. The van der Waals surface area contributed by atoms with E-state index >= 15 is 0 Å². The van der Waals surface area contributed by atoms with Crippen LogP contribution in [0.25, 0.3) is 0 Å². The molecule has 1 aromatic carbocycles. The third-order valence-electron chi connectivity index (χ3n) is 3.94. The van der Waals surface area contributed by atoms with Crippen LogP contribution < -0.4 is 20.1 Å². The molecule has 110 valence electrons. The summed E-state index contributed by atoms with van der Waals surface area (Å²) < 4.78 is 11.2. The molecule has 0 saturated carbocycles. The molecule has 0 unspecified atom stereocenters. The van der Waals surface area contributed by atoms with Crippen molar-refractivity contribution in [1.29, 1.82) is 0 Å².